The fourth-order valence-electron chi connectivity index (χ4n) is 2.02. The standard InChI is InChI=1S/C12H18N4O/c13-11-3-4-14-9-10(11)12(17)15-5-8-16-6-1-2-7-16/h3-4,9H,1-2,5-8H2,(H2,13,14)(H,15,17). The van der Waals surface area contributed by atoms with Gasteiger partial charge in [0.25, 0.3) is 5.91 Å². The van der Waals surface area contributed by atoms with Crippen LogP contribution >= 0.6 is 0 Å². The number of likely N-dealkylation sites (tertiary alicyclic amines) is 1. The average molecular weight is 234 g/mol. The Morgan fingerprint density at radius 1 is 1.47 bits per heavy atom. The van der Waals surface area contributed by atoms with Crippen molar-refractivity contribution in [3.8, 4) is 0 Å². The van der Waals surface area contributed by atoms with E-state index in [0.29, 0.717) is 17.8 Å². The average Bonchev–Trinajstić information content (AvgIpc) is 2.82. The second-order valence-electron chi connectivity index (χ2n) is 4.27. The first kappa shape index (κ1) is 11.9. The number of rotatable bonds is 4. The van der Waals surface area contributed by atoms with Crippen LogP contribution < -0.4 is 11.1 Å². The number of nitrogens with zero attached hydrogens (tertiary/aromatic N) is 2. The Labute approximate surface area is 101 Å². The number of hydrogen-bond acceptors (Lipinski definition) is 4. The van der Waals surface area contributed by atoms with Gasteiger partial charge in [0.15, 0.2) is 0 Å². The number of carbonyl (C=O) groups is 1. The summed E-state index contributed by atoms with van der Waals surface area (Å²) in [6, 6.07) is 1.63. The minimum atomic E-state index is -0.144. The lowest BCUT2D eigenvalue weighted by molar-refractivity contribution is 0.0950. The third kappa shape index (κ3) is 3.17. The molecule has 3 N–H and O–H groups in total. The van der Waals surface area contributed by atoms with Crippen molar-refractivity contribution in [2.75, 3.05) is 31.9 Å². The SMILES string of the molecule is Nc1ccncc1C(=O)NCCN1CCCC1. The van der Waals surface area contributed by atoms with Gasteiger partial charge in [-0.2, -0.15) is 0 Å². The van der Waals surface area contributed by atoms with Gasteiger partial charge in [-0.1, -0.05) is 0 Å². The van der Waals surface area contributed by atoms with E-state index in [1.165, 1.54) is 19.0 Å². The van der Waals surface area contributed by atoms with Gasteiger partial charge in [-0.25, -0.2) is 0 Å². The summed E-state index contributed by atoms with van der Waals surface area (Å²) in [5.41, 5.74) is 6.63. The summed E-state index contributed by atoms with van der Waals surface area (Å²) in [5.74, 6) is -0.144. The first-order valence-electron chi connectivity index (χ1n) is 5.97. The lowest BCUT2D eigenvalue weighted by Gasteiger charge is -2.14. The van der Waals surface area contributed by atoms with E-state index in [0.717, 1.165) is 19.6 Å². The minimum Gasteiger partial charge on any atom is -0.398 e. The van der Waals surface area contributed by atoms with Crippen LogP contribution in [0.1, 0.15) is 23.2 Å². The number of carbonyl (C=O) groups excluding carboxylic acids is 1. The number of hydrogen-bond donors (Lipinski definition) is 2. The van der Waals surface area contributed by atoms with Crippen LogP contribution in [0.4, 0.5) is 5.69 Å². The summed E-state index contributed by atoms with van der Waals surface area (Å²) in [6.45, 7) is 3.86. The van der Waals surface area contributed by atoms with Crippen molar-refractivity contribution in [1.29, 1.82) is 0 Å². The third-order valence-corrected chi connectivity index (χ3v) is 3.01. The van der Waals surface area contributed by atoms with Gasteiger partial charge in [0, 0.05) is 31.2 Å². The summed E-state index contributed by atoms with van der Waals surface area (Å²) < 4.78 is 0. The predicted molar refractivity (Wildman–Crippen MR) is 66.7 cm³/mol. The van der Waals surface area contributed by atoms with E-state index in [2.05, 4.69) is 15.2 Å². The number of nitrogen functional groups attached to an aromatic ring is 1. The topological polar surface area (TPSA) is 71.2 Å². The quantitative estimate of drug-likeness (QED) is 0.795. The molecule has 0 radical (unpaired) electrons. The molecule has 2 rings (SSSR count). The molecule has 0 unspecified atom stereocenters. The molecule has 0 spiro atoms. The van der Waals surface area contributed by atoms with E-state index in [-0.39, 0.29) is 5.91 Å². The fraction of sp³-hybridized carbons (Fsp3) is 0.500. The van der Waals surface area contributed by atoms with Gasteiger partial charge in [-0.3, -0.25) is 9.78 Å². The minimum absolute atomic E-state index is 0.144. The highest BCUT2D eigenvalue weighted by Crippen LogP contribution is 2.08. The molecule has 0 aliphatic carbocycles. The van der Waals surface area contributed by atoms with Crippen LogP contribution in [0.3, 0.4) is 0 Å². The largest absolute Gasteiger partial charge is 0.398 e. The number of anilines is 1. The van der Waals surface area contributed by atoms with E-state index in [9.17, 15) is 4.79 Å². The van der Waals surface area contributed by atoms with Crippen molar-refractivity contribution in [3.05, 3.63) is 24.0 Å². The molecule has 1 aromatic rings. The molecule has 0 atom stereocenters. The molecule has 17 heavy (non-hydrogen) atoms. The van der Waals surface area contributed by atoms with Gasteiger partial charge < -0.3 is 16.0 Å². The lowest BCUT2D eigenvalue weighted by atomic mass is 10.2. The molecule has 0 bridgehead atoms. The van der Waals surface area contributed by atoms with Crippen LogP contribution in [0.25, 0.3) is 0 Å². The van der Waals surface area contributed by atoms with Crippen LogP contribution in [0.2, 0.25) is 0 Å². The highest BCUT2D eigenvalue weighted by molar-refractivity contribution is 5.98. The molecule has 1 aromatic heterocycles. The van der Waals surface area contributed by atoms with Crippen LogP contribution in [-0.2, 0) is 0 Å². The highest BCUT2D eigenvalue weighted by atomic mass is 16.1. The monoisotopic (exact) mass is 234 g/mol. The van der Waals surface area contributed by atoms with E-state index < -0.39 is 0 Å². The zero-order valence-corrected chi connectivity index (χ0v) is 9.85. The maximum Gasteiger partial charge on any atom is 0.254 e. The normalized spacial score (nSPS) is 16.0. The van der Waals surface area contributed by atoms with Crippen LogP contribution in [0.5, 0.6) is 0 Å². The Bertz CT molecular complexity index is 388. The van der Waals surface area contributed by atoms with Gasteiger partial charge in [0.2, 0.25) is 0 Å². The van der Waals surface area contributed by atoms with Gasteiger partial charge in [-0.05, 0) is 32.0 Å². The maximum absolute atomic E-state index is 11.8. The van der Waals surface area contributed by atoms with Crippen LogP contribution in [0.15, 0.2) is 18.5 Å². The van der Waals surface area contributed by atoms with Crippen molar-refractivity contribution >= 4 is 11.6 Å². The molecule has 5 heteroatoms. The molecule has 2 heterocycles. The first-order chi connectivity index (χ1) is 8.27. The number of pyridine rings is 1. The van der Waals surface area contributed by atoms with Gasteiger partial charge in [0.05, 0.1) is 5.56 Å². The third-order valence-electron chi connectivity index (χ3n) is 3.01. The second kappa shape index (κ2) is 5.63. The molecule has 0 saturated carbocycles. The van der Waals surface area contributed by atoms with Gasteiger partial charge in [0.1, 0.15) is 0 Å². The zero-order chi connectivity index (χ0) is 12.1. The number of amides is 1. The van der Waals surface area contributed by atoms with Crippen molar-refractivity contribution in [1.82, 2.24) is 15.2 Å². The van der Waals surface area contributed by atoms with Crippen molar-refractivity contribution in [3.63, 3.8) is 0 Å². The van der Waals surface area contributed by atoms with E-state index in [4.69, 9.17) is 5.73 Å². The van der Waals surface area contributed by atoms with Gasteiger partial charge in [-0.15, -0.1) is 0 Å². The molecule has 1 aliphatic rings. The summed E-state index contributed by atoms with van der Waals surface area (Å²) >= 11 is 0. The van der Waals surface area contributed by atoms with E-state index in [1.54, 1.807) is 12.3 Å². The summed E-state index contributed by atoms with van der Waals surface area (Å²) in [5, 5.41) is 2.87. The van der Waals surface area contributed by atoms with Crippen LogP contribution in [0, 0.1) is 0 Å². The fourth-order valence-corrected chi connectivity index (χ4v) is 2.02. The summed E-state index contributed by atoms with van der Waals surface area (Å²) in [7, 11) is 0. The van der Waals surface area contributed by atoms with E-state index >= 15 is 0 Å². The Hall–Kier alpha value is -1.62. The molecule has 0 aromatic carbocycles. The Balaban J connectivity index is 1.79. The number of nitrogens with two attached hydrogens (primary N) is 1. The van der Waals surface area contributed by atoms with Crippen molar-refractivity contribution < 1.29 is 4.79 Å². The Kier molecular flexibility index (Phi) is 3.93. The van der Waals surface area contributed by atoms with Crippen molar-refractivity contribution in [2.45, 2.75) is 12.8 Å². The molecular weight excluding hydrogens is 216 g/mol. The molecular formula is C12H18N4O. The predicted octanol–water partition coefficient (Wildman–Crippen LogP) is 0.489. The Morgan fingerprint density at radius 3 is 2.94 bits per heavy atom. The highest BCUT2D eigenvalue weighted by Gasteiger charge is 2.12. The molecule has 5 nitrogen and oxygen atoms in total. The maximum atomic E-state index is 11.8. The number of aromatic nitrogens is 1. The molecule has 1 saturated heterocycles. The van der Waals surface area contributed by atoms with Crippen molar-refractivity contribution in [2.24, 2.45) is 0 Å². The first-order valence-corrected chi connectivity index (χ1v) is 5.97. The Morgan fingerprint density at radius 2 is 2.24 bits per heavy atom. The smallest absolute Gasteiger partial charge is 0.254 e. The molecule has 92 valence electrons. The zero-order valence-electron chi connectivity index (χ0n) is 9.85. The second-order valence-corrected chi connectivity index (χ2v) is 4.27. The lowest BCUT2D eigenvalue weighted by Crippen LogP contribution is -2.33. The van der Waals surface area contributed by atoms with Crippen LogP contribution in [-0.4, -0.2) is 42.0 Å². The number of nitrogens with one attached hydrogen (secondary N) is 1. The summed E-state index contributed by atoms with van der Waals surface area (Å²) in [4.78, 5) is 18.0. The van der Waals surface area contributed by atoms with E-state index in [1.807, 2.05) is 0 Å². The molecule has 1 aliphatic heterocycles. The summed E-state index contributed by atoms with van der Waals surface area (Å²) in [6.07, 6.45) is 5.61. The molecule has 1 amide bonds. The van der Waals surface area contributed by atoms with Gasteiger partial charge >= 0.3 is 0 Å². The molecule has 1 fully saturated rings.